The van der Waals surface area contributed by atoms with Crippen molar-refractivity contribution in [3.63, 3.8) is 0 Å². The Bertz CT molecular complexity index is 686. The van der Waals surface area contributed by atoms with E-state index < -0.39 is 17.5 Å². The molecule has 0 aliphatic heterocycles. The van der Waals surface area contributed by atoms with Crippen molar-refractivity contribution >= 4 is 23.0 Å². The molecule has 0 bridgehead atoms. The fourth-order valence-corrected chi connectivity index (χ4v) is 1.79. The van der Waals surface area contributed by atoms with E-state index in [1.807, 2.05) is 0 Å². The summed E-state index contributed by atoms with van der Waals surface area (Å²) in [4.78, 5) is 11.2. The summed E-state index contributed by atoms with van der Waals surface area (Å²) in [7, 11) is 0. The molecule has 5 N–H and O–H groups in total. The van der Waals surface area contributed by atoms with E-state index in [1.54, 1.807) is 13.0 Å². The van der Waals surface area contributed by atoms with Crippen LogP contribution in [0.25, 0.3) is 0 Å². The van der Waals surface area contributed by atoms with Gasteiger partial charge in [0.2, 0.25) is 0 Å². The number of hydrogen-bond acceptors (Lipinski definition) is 3. The maximum Gasteiger partial charge on any atom is 0.250 e. The summed E-state index contributed by atoms with van der Waals surface area (Å²) < 4.78 is 27.2. The first kappa shape index (κ1) is 13.8. The largest absolute Gasteiger partial charge is 0.398 e. The molecule has 20 heavy (non-hydrogen) atoms. The van der Waals surface area contributed by atoms with E-state index in [1.165, 1.54) is 18.2 Å². The van der Waals surface area contributed by atoms with Crippen molar-refractivity contribution in [1.29, 1.82) is 0 Å². The Balaban J connectivity index is 2.46. The minimum Gasteiger partial charge on any atom is -0.398 e. The number of rotatable bonds is 3. The van der Waals surface area contributed by atoms with Crippen LogP contribution in [0.1, 0.15) is 15.9 Å². The van der Waals surface area contributed by atoms with E-state index in [0.717, 1.165) is 6.07 Å². The number of nitrogens with two attached hydrogens (primary N) is 2. The number of nitrogen functional groups attached to an aromatic ring is 1. The minimum absolute atomic E-state index is 0.00157. The van der Waals surface area contributed by atoms with Gasteiger partial charge in [0.15, 0.2) is 0 Å². The molecule has 0 heterocycles. The molecule has 0 aliphatic carbocycles. The molecule has 0 spiro atoms. The van der Waals surface area contributed by atoms with Gasteiger partial charge in [-0.2, -0.15) is 0 Å². The van der Waals surface area contributed by atoms with Gasteiger partial charge >= 0.3 is 0 Å². The lowest BCUT2D eigenvalue weighted by molar-refractivity contribution is 0.100. The molecule has 104 valence electrons. The summed E-state index contributed by atoms with van der Waals surface area (Å²) in [5.74, 6) is -1.83. The molecule has 0 fully saturated rings. The molecule has 0 saturated carbocycles. The van der Waals surface area contributed by atoms with Crippen LogP contribution in [0, 0.1) is 18.6 Å². The molecular formula is C14H13F2N3O. The number of anilines is 3. The van der Waals surface area contributed by atoms with Crippen LogP contribution in [0.3, 0.4) is 0 Å². The van der Waals surface area contributed by atoms with Crippen molar-refractivity contribution in [3.8, 4) is 0 Å². The topological polar surface area (TPSA) is 81.1 Å². The lowest BCUT2D eigenvalue weighted by atomic mass is 10.1. The second kappa shape index (κ2) is 5.16. The predicted molar refractivity (Wildman–Crippen MR) is 73.8 cm³/mol. The van der Waals surface area contributed by atoms with Crippen LogP contribution < -0.4 is 16.8 Å². The number of benzene rings is 2. The normalized spacial score (nSPS) is 10.3. The molecule has 1 amide bonds. The lowest BCUT2D eigenvalue weighted by Crippen LogP contribution is -2.14. The van der Waals surface area contributed by atoms with Crippen molar-refractivity contribution in [2.24, 2.45) is 5.73 Å². The number of hydrogen-bond donors (Lipinski definition) is 3. The van der Waals surface area contributed by atoms with Gasteiger partial charge in [0.05, 0.1) is 11.3 Å². The molecule has 0 radical (unpaired) electrons. The van der Waals surface area contributed by atoms with Gasteiger partial charge in [-0.15, -0.1) is 0 Å². The Morgan fingerprint density at radius 2 is 1.85 bits per heavy atom. The third-order valence-corrected chi connectivity index (χ3v) is 2.94. The number of amides is 1. The van der Waals surface area contributed by atoms with E-state index in [4.69, 9.17) is 11.5 Å². The minimum atomic E-state index is -0.762. The Labute approximate surface area is 114 Å². The summed E-state index contributed by atoms with van der Waals surface area (Å²) in [6.07, 6.45) is 0. The number of halogens is 2. The average molecular weight is 277 g/mol. The van der Waals surface area contributed by atoms with Crippen molar-refractivity contribution in [3.05, 3.63) is 53.1 Å². The molecule has 4 nitrogen and oxygen atoms in total. The molecule has 0 aliphatic rings. The number of carbonyl (C=O) groups excluding carboxylic acids is 1. The highest BCUT2D eigenvalue weighted by atomic mass is 19.1. The van der Waals surface area contributed by atoms with Gasteiger partial charge in [-0.1, -0.05) is 6.07 Å². The molecule has 0 atom stereocenters. The third-order valence-electron chi connectivity index (χ3n) is 2.94. The number of primary amides is 1. The first-order valence-electron chi connectivity index (χ1n) is 5.81. The summed E-state index contributed by atoms with van der Waals surface area (Å²) in [6.45, 7) is 1.56. The van der Waals surface area contributed by atoms with Crippen LogP contribution in [0.2, 0.25) is 0 Å². The van der Waals surface area contributed by atoms with E-state index in [2.05, 4.69) is 5.32 Å². The zero-order chi connectivity index (χ0) is 14.9. The maximum absolute atomic E-state index is 13.8. The van der Waals surface area contributed by atoms with Crippen LogP contribution in [0.4, 0.5) is 25.8 Å². The van der Waals surface area contributed by atoms with Gasteiger partial charge < -0.3 is 16.8 Å². The highest BCUT2D eigenvalue weighted by Crippen LogP contribution is 2.27. The van der Waals surface area contributed by atoms with Gasteiger partial charge in [-0.05, 0) is 31.2 Å². The fraction of sp³-hybridized carbons (Fsp3) is 0.0714. The van der Waals surface area contributed by atoms with Gasteiger partial charge in [-0.3, -0.25) is 4.79 Å². The molecule has 2 aromatic carbocycles. The van der Waals surface area contributed by atoms with Gasteiger partial charge in [0, 0.05) is 16.9 Å². The van der Waals surface area contributed by atoms with Crippen LogP contribution in [-0.2, 0) is 0 Å². The first-order valence-corrected chi connectivity index (χ1v) is 5.81. The summed E-state index contributed by atoms with van der Waals surface area (Å²) in [5.41, 5.74) is 11.4. The van der Waals surface area contributed by atoms with Crippen molar-refractivity contribution in [2.45, 2.75) is 6.92 Å². The maximum atomic E-state index is 13.8. The van der Waals surface area contributed by atoms with Crippen molar-refractivity contribution < 1.29 is 13.6 Å². The summed E-state index contributed by atoms with van der Waals surface area (Å²) in [5, 5.41) is 2.73. The molecule has 6 heteroatoms. The van der Waals surface area contributed by atoms with Crippen molar-refractivity contribution in [2.75, 3.05) is 11.1 Å². The highest BCUT2D eigenvalue weighted by Gasteiger charge is 2.13. The highest BCUT2D eigenvalue weighted by molar-refractivity contribution is 5.99. The van der Waals surface area contributed by atoms with Gasteiger partial charge in [0.1, 0.15) is 11.6 Å². The Morgan fingerprint density at radius 3 is 2.50 bits per heavy atom. The molecule has 0 saturated heterocycles. The molecule has 0 unspecified atom stereocenters. The smallest absolute Gasteiger partial charge is 0.250 e. The molecule has 2 rings (SSSR count). The first-order chi connectivity index (χ1) is 9.40. The van der Waals surface area contributed by atoms with Crippen LogP contribution in [0.5, 0.6) is 0 Å². The average Bonchev–Trinajstić information content (AvgIpc) is 2.37. The molecule has 2 aromatic rings. The van der Waals surface area contributed by atoms with Crippen molar-refractivity contribution in [1.82, 2.24) is 0 Å². The second-order valence-corrected chi connectivity index (χ2v) is 4.32. The van der Waals surface area contributed by atoms with Gasteiger partial charge in [0.25, 0.3) is 5.91 Å². The Morgan fingerprint density at radius 1 is 1.15 bits per heavy atom. The standard InChI is InChI=1S/C14H13F2N3O/c1-7-9(15)3-2-4-12(7)19-13-5-8(14(18)20)11(17)6-10(13)16/h2-6,19H,17H2,1H3,(H2,18,20). The predicted octanol–water partition coefficient (Wildman–Crippen LogP) is 2.70. The molecule has 0 aromatic heterocycles. The Kier molecular flexibility index (Phi) is 3.56. The zero-order valence-corrected chi connectivity index (χ0v) is 10.7. The fourth-order valence-electron chi connectivity index (χ4n) is 1.79. The number of nitrogens with one attached hydrogen (secondary N) is 1. The van der Waals surface area contributed by atoms with Crippen LogP contribution >= 0.6 is 0 Å². The second-order valence-electron chi connectivity index (χ2n) is 4.32. The van der Waals surface area contributed by atoms with Gasteiger partial charge in [-0.25, -0.2) is 8.78 Å². The van der Waals surface area contributed by atoms with E-state index in [9.17, 15) is 13.6 Å². The van der Waals surface area contributed by atoms with E-state index in [-0.39, 0.29) is 16.9 Å². The van der Waals surface area contributed by atoms with E-state index >= 15 is 0 Å². The summed E-state index contributed by atoms with van der Waals surface area (Å²) >= 11 is 0. The Hall–Kier alpha value is -2.63. The van der Waals surface area contributed by atoms with Crippen LogP contribution in [-0.4, -0.2) is 5.91 Å². The van der Waals surface area contributed by atoms with Crippen LogP contribution in [0.15, 0.2) is 30.3 Å². The number of carbonyl (C=O) groups is 1. The summed E-state index contributed by atoms with van der Waals surface area (Å²) in [6, 6.07) is 6.59. The zero-order valence-electron chi connectivity index (χ0n) is 10.7. The monoisotopic (exact) mass is 277 g/mol. The quantitative estimate of drug-likeness (QED) is 0.754. The SMILES string of the molecule is Cc1c(F)cccc1Nc1cc(C(N)=O)c(N)cc1F. The van der Waals surface area contributed by atoms with E-state index in [0.29, 0.717) is 11.3 Å². The molecular weight excluding hydrogens is 264 g/mol. The lowest BCUT2D eigenvalue weighted by Gasteiger charge is -2.13. The third kappa shape index (κ3) is 2.54.